The van der Waals surface area contributed by atoms with Crippen LogP contribution < -0.4 is 5.73 Å². The Morgan fingerprint density at radius 2 is 1.06 bits per heavy atom. The van der Waals surface area contributed by atoms with Gasteiger partial charge < -0.3 is 34.2 Å². The van der Waals surface area contributed by atoms with E-state index in [9.17, 15) is 0 Å². The van der Waals surface area contributed by atoms with E-state index in [4.69, 9.17) is 34.2 Å². The Morgan fingerprint density at radius 3 is 1.69 bits per heavy atom. The first kappa shape index (κ1) is 36.9. The van der Waals surface area contributed by atoms with Crippen LogP contribution in [0.2, 0.25) is 0 Å². The molecule has 5 aromatic carbocycles. The maximum Gasteiger partial charge on any atom is 0.186 e. The van der Waals surface area contributed by atoms with Gasteiger partial charge in [-0.25, -0.2) is 0 Å². The van der Waals surface area contributed by atoms with Gasteiger partial charge in [-0.3, -0.25) is 0 Å². The molecule has 0 saturated carbocycles. The van der Waals surface area contributed by atoms with Crippen LogP contribution in [0.25, 0.3) is 10.8 Å². The second kappa shape index (κ2) is 20.2. The van der Waals surface area contributed by atoms with E-state index in [1.54, 1.807) is 0 Å². The number of fused-ring (bicyclic) bond motifs is 1. The van der Waals surface area contributed by atoms with E-state index in [2.05, 4.69) is 78.9 Å². The van der Waals surface area contributed by atoms with Gasteiger partial charge in [0.15, 0.2) is 6.29 Å². The summed E-state index contributed by atoms with van der Waals surface area (Å²) in [5, 5.41) is 2.43. The van der Waals surface area contributed by atoms with Crippen LogP contribution in [0.5, 0.6) is 0 Å². The van der Waals surface area contributed by atoms with Crippen LogP contribution in [0, 0.1) is 0 Å². The van der Waals surface area contributed by atoms with Crippen LogP contribution in [0.1, 0.15) is 41.5 Å². The first-order valence-corrected chi connectivity index (χ1v) is 18.3. The SMILES string of the molecule is NCCCCCOC[C@H]1O[C@@H](OCCc2ccc3ccccc3c2)[C@H](OCc2ccccc2)[C@@H](OCc2ccccc2)[C@@H]1OCc1ccccc1. The van der Waals surface area contributed by atoms with E-state index in [1.165, 1.54) is 16.3 Å². The summed E-state index contributed by atoms with van der Waals surface area (Å²) in [5.74, 6) is 0. The Hall–Kier alpha value is -3.92. The second-order valence-electron chi connectivity index (χ2n) is 13.1. The van der Waals surface area contributed by atoms with Crippen LogP contribution in [0.4, 0.5) is 0 Å². The molecule has 2 N–H and O–H groups in total. The van der Waals surface area contributed by atoms with Gasteiger partial charge in [0, 0.05) is 6.61 Å². The molecule has 5 aromatic rings. The Bertz CT molecular complexity index is 1690. The first-order chi connectivity index (χ1) is 25.3. The van der Waals surface area contributed by atoms with Gasteiger partial charge in [-0.1, -0.05) is 133 Å². The zero-order valence-electron chi connectivity index (χ0n) is 29.4. The van der Waals surface area contributed by atoms with Crippen molar-refractivity contribution in [2.45, 2.75) is 76.2 Å². The molecule has 1 saturated heterocycles. The minimum Gasteiger partial charge on any atom is -0.379 e. The van der Waals surface area contributed by atoms with E-state index in [0.717, 1.165) is 42.4 Å². The summed E-state index contributed by atoms with van der Waals surface area (Å²) >= 11 is 0. The number of nitrogens with two attached hydrogens (primary N) is 1. The van der Waals surface area contributed by atoms with Crippen molar-refractivity contribution in [2.24, 2.45) is 5.73 Å². The van der Waals surface area contributed by atoms with Gasteiger partial charge in [-0.15, -0.1) is 0 Å². The molecule has 1 fully saturated rings. The normalized spacial score (nSPS) is 20.5. The molecule has 7 heteroatoms. The first-order valence-electron chi connectivity index (χ1n) is 18.3. The molecule has 0 amide bonds. The number of rotatable bonds is 20. The second-order valence-corrected chi connectivity index (χ2v) is 13.1. The number of ether oxygens (including phenoxy) is 6. The van der Waals surface area contributed by atoms with Gasteiger partial charge in [0.05, 0.1) is 33.0 Å². The molecule has 5 atom stereocenters. The summed E-state index contributed by atoms with van der Waals surface area (Å²) in [6, 6.07) is 45.5. The maximum atomic E-state index is 6.82. The summed E-state index contributed by atoms with van der Waals surface area (Å²) in [4.78, 5) is 0. The lowest BCUT2D eigenvalue weighted by molar-refractivity contribution is -0.328. The Kier molecular flexibility index (Phi) is 14.6. The topological polar surface area (TPSA) is 81.4 Å². The molecular weight excluding hydrogens is 638 g/mol. The molecule has 6 rings (SSSR count). The van der Waals surface area contributed by atoms with Crippen LogP contribution >= 0.6 is 0 Å². The number of benzene rings is 5. The largest absolute Gasteiger partial charge is 0.379 e. The Labute approximate surface area is 302 Å². The lowest BCUT2D eigenvalue weighted by Gasteiger charge is -2.46. The van der Waals surface area contributed by atoms with Gasteiger partial charge >= 0.3 is 0 Å². The number of hydrogen-bond acceptors (Lipinski definition) is 7. The molecule has 268 valence electrons. The van der Waals surface area contributed by atoms with E-state index >= 15 is 0 Å². The molecule has 7 nitrogen and oxygen atoms in total. The van der Waals surface area contributed by atoms with Gasteiger partial charge in [-0.2, -0.15) is 0 Å². The highest BCUT2D eigenvalue weighted by atomic mass is 16.7. The monoisotopic (exact) mass is 689 g/mol. The molecule has 0 bridgehead atoms. The highest BCUT2D eigenvalue weighted by molar-refractivity contribution is 5.82. The molecule has 0 radical (unpaired) electrons. The average Bonchev–Trinajstić information content (AvgIpc) is 3.18. The molecule has 0 aromatic heterocycles. The van der Waals surface area contributed by atoms with Gasteiger partial charge in [0.2, 0.25) is 0 Å². The molecular formula is C44H51NO6. The minimum atomic E-state index is -0.711. The zero-order chi connectivity index (χ0) is 34.9. The van der Waals surface area contributed by atoms with Gasteiger partial charge in [0.1, 0.15) is 24.4 Å². The number of unbranched alkanes of at least 4 members (excludes halogenated alkanes) is 2. The van der Waals surface area contributed by atoms with Crippen molar-refractivity contribution >= 4 is 10.8 Å². The van der Waals surface area contributed by atoms with Crippen molar-refractivity contribution in [1.29, 1.82) is 0 Å². The minimum absolute atomic E-state index is 0.337. The Morgan fingerprint density at radius 1 is 0.490 bits per heavy atom. The van der Waals surface area contributed by atoms with Crippen molar-refractivity contribution in [3.63, 3.8) is 0 Å². The summed E-state index contributed by atoms with van der Waals surface area (Å²) in [6.45, 7) is 3.24. The summed E-state index contributed by atoms with van der Waals surface area (Å²) < 4.78 is 40.0. The van der Waals surface area contributed by atoms with E-state index < -0.39 is 30.7 Å². The zero-order valence-corrected chi connectivity index (χ0v) is 29.4. The molecule has 1 aliphatic heterocycles. The average molecular weight is 690 g/mol. The predicted molar refractivity (Wildman–Crippen MR) is 201 cm³/mol. The van der Waals surface area contributed by atoms with Crippen molar-refractivity contribution in [2.75, 3.05) is 26.4 Å². The van der Waals surface area contributed by atoms with E-state index in [0.29, 0.717) is 46.2 Å². The molecule has 0 spiro atoms. The van der Waals surface area contributed by atoms with Crippen molar-refractivity contribution in [3.05, 3.63) is 156 Å². The van der Waals surface area contributed by atoms with E-state index in [1.807, 2.05) is 54.6 Å². The Balaban J connectivity index is 1.25. The predicted octanol–water partition coefficient (Wildman–Crippen LogP) is 8.03. The van der Waals surface area contributed by atoms with Crippen LogP contribution in [0.3, 0.4) is 0 Å². The molecule has 1 aliphatic rings. The highest BCUT2D eigenvalue weighted by Crippen LogP contribution is 2.32. The molecule has 0 unspecified atom stereocenters. The molecule has 0 aliphatic carbocycles. The van der Waals surface area contributed by atoms with Gasteiger partial charge in [0.25, 0.3) is 0 Å². The van der Waals surface area contributed by atoms with Crippen molar-refractivity contribution in [3.8, 4) is 0 Å². The molecule has 51 heavy (non-hydrogen) atoms. The fraction of sp³-hybridized carbons (Fsp3) is 0.364. The molecule has 1 heterocycles. The third-order valence-electron chi connectivity index (χ3n) is 9.21. The third kappa shape index (κ3) is 11.3. The van der Waals surface area contributed by atoms with E-state index in [-0.39, 0.29) is 0 Å². The van der Waals surface area contributed by atoms with Crippen molar-refractivity contribution in [1.82, 2.24) is 0 Å². The maximum absolute atomic E-state index is 6.82. The third-order valence-corrected chi connectivity index (χ3v) is 9.21. The van der Waals surface area contributed by atoms with Crippen LogP contribution in [-0.2, 0) is 54.7 Å². The quantitative estimate of drug-likeness (QED) is 0.0829. The lowest BCUT2D eigenvalue weighted by Crippen LogP contribution is -2.61. The van der Waals surface area contributed by atoms with Gasteiger partial charge in [-0.05, 0) is 65.3 Å². The van der Waals surface area contributed by atoms with Crippen LogP contribution in [-0.4, -0.2) is 57.1 Å². The fourth-order valence-corrected chi connectivity index (χ4v) is 6.43. The smallest absolute Gasteiger partial charge is 0.186 e. The number of hydrogen-bond donors (Lipinski definition) is 1. The standard InChI is InChI=1S/C44H51NO6/c45-26-13-4-14-27-46-33-40-41(48-30-35-15-5-1-6-16-35)42(49-31-36-17-7-2-8-18-36)43(50-32-37-19-9-3-10-20-37)44(51-40)47-28-25-34-23-24-38-21-11-12-22-39(38)29-34/h1-3,5-12,15-24,29,40-44H,4,13-14,25-28,30-33,45H2/t40-,41-,42+,43-,44-/m1/s1. The summed E-state index contributed by atoms with van der Waals surface area (Å²) in [6.07, 6.45) is 0.922. The van der Waals surface area contributed by atoms with Crippen molar-refractivity contribution < 1.29 is 28.4 Å². The summed E-state index contributed by atoms with van der Waals surface area (Å²) in [7, 11) is 0. The fourth-order valence-electron chi connectivity index (χ4n) is 6.43. The van der Waals surface area contributed by atoms with Crippen LogP contribution in [0.15, 0.2) is 133 Å². The lowest BCUT2D eigenvalue weighted by atomic mass is 9.97. The highest BCUT2D eigenvalue weighted by Gasteiger charge is 2.49. The summed E-state index contributed by atoms with van der Waals surface area (Å²) in [5.41, 5.74) is 10.1.